The van der Waals surface area contributed by atoms with Gasteiger partial charge in [-0.3, -0.25) is 4.79 Å². The van der Waals surface area contributed by atoms with E-state index in [9.17, 15) is 4.79 Å². The number of hydrogen-bond donors (Lipinski definition) is 0. The number of thiazole rings is 1. The van der Waals surface area contributed by atoms with Gasteiger partial charge in [0.15, 0.2) is 5.06 Å². The Balaban J connectivity index is 1.28. The van der Waals surface area contributed by atoms with Crippen LogP contribution in [0.5, 0.6) is 28.1 Å². The third kappa shape index (κ3) is 16.3. The third-order valence-corrected chi connectivity index (χ3v) is 25.6. The minimum atomic E-state index is -0.332. The highest BCUT2D eigenvalue weighted by Gasteiger charge is 2.30. The van der Waals surface area contributed by atoms with E-state index in [1.165, 1.54) is 137 Å². The second-order valence-corrected chi connectivity index (χ2v) is 31.3. The summed E-state index contributed by atoms with van der Waals surface area (Å²) in [5, 5.41) is 6.08. The van der Waals surface area contributed by atoms with Crippen LogP contribution in [0.4, 0.5) is 0 Å². The van der Waals surface area contributed by atoms with Crippen molar-refractivity contribution >= 4 is 125 Å². The first kappa shape index (κ1) is 68.1. The molecule has 0 amide bonds. The molecule has 0 spiro atoms. The predicted molar refractivity (Wildman–Crippen MR) is 388 cm³/mol. The van der Waals surface area contributed by atoms with Gasteiger partial charge in [0, 0.05) is 49.2 Å². The highest BCUT2D eigenvalue weighted by Crippen LogP contribution is 2.58. The van der Waals surface area contributed by atoms with Crippen LogP contribution in [0.25, 0.3) is 80.5 Å². The number of unbranched alkanes of at least 4 members (excludes halogenated alkanes) is 5. The highest BCUT2D eigenvalue weighted by molar-refractivity contribution is 7.34. The number of fused-ring (bicyclic) bond motifs is 5. The maximum absolute atomic E-state index is 12.6. The highest BCUT2D eigenvalue weighted by atomic mass is 32.1. The summed E-state index contributed by atoms with van der Waals surface area (Å²) in [4.78, 5) is 24.4. The zero-order valence-electron chi connectivity index (χ0n) is 55.2. The molecule has 0 bridgehead atoms. The molecule has 0 aliphatic heterocycles. The first-order valence-electron chi connectivity index (χ1n) is 34.2. The van der Waals surface area contributed by atoms with Gasteiger partial charge in [-0.1, -0.05) is 213 Å². The van der Waals surface area contributed by atoms with Crippen LogP contribution in [0.3, 0.4) is 0 Å². The quantitative estimate of drug-likeness (QED) is 0.0355. The molecular weight excluding hydrogens is 1200 g/mol. The van der Waals surface area contributed by atoms with Crippen molar-refractivity contribution in [2.75, 3.05) is 26.4 Å². The van der Waals surface area contributed by atoms with Crippen molar-refractivity contribution in [1.82, 2.24) is 4.98 Å². The zero-order chi connectivity index (χ0) is 62.3. The molecule has 0 fully saturated rings. The molecular formula is C75H101NO6S6. The van der Waals surface area contributed by atoms with Gasteiger partial charge in [0.05, 0.1) is 64.7 Å². The summed E-state index contributed by atoms with van der Waals surface area (Å²) < 4.78 is 40.6. The maximum atomic E-state index is 12.6. The van der Waals surface area contributed by atoms with E-state index in [4.69, 9.17) is 28.7 Å². The maximum Gasteiger partial charge on any atom is 0.308 e. The fraction of sp³-hybridized carbons (Fsp3) is 0.573. The van der Waals surface area contributed by atoms with Gasteiger partial charge in [0.2, 0.25) is 0 Å². The van der Waals surface area contributed by atoms with Crippen LogP contribution >= 0.6 is 68.0 Å². The minimum Gasteiger partial charge on any atom is -0.491 e. The lowest BCUT2D eigenvalue weighted by atomic mass is 9.94. The lowest BCUT2D eigenvalue weighted by Gasteiger charge is -2.19. The van der Waals surface area contributed by atoms with Gasteiger partial charge in [0.25, 0.3) is 0 Å². The van der Waals surface area contributed by atoms with Crippen LogP contribution < -0.4 is 23.7 Å². The number of benzene rings is 3. The van der Waals surface area contributed by atoms with Gasteiger partial charge < -0.3 is 23.7 Å². The van der Waals surface area contributed by atoms with Crippen LogP contribution in [-0.2, 0) is 11.2 Å². The molecule has 13 heteroatoms. The number of aryl methyl sites for hydroxylation is 2. The van der Waals surface area contributed by atoms with Gasteiger partial charge >= 0.3 is 5.97 Å². The van der Waals surface area contributed by atoms with E-state index in [1.807, 2.05) is 51.4 Å². The van der Waals surface area contributed by atoms with E-state index in [-0.39, 0.29) is 5.97 Å². The number of thiophene rings is 5. The number of rotatable bonds is 39. The first-order chi connectivity index (χ1) is 42.9. The summed E-state index contributed by atoms with van der Waals surface area (Å²) in [5.41, 5.74) is 3.57. The van der Waals surface area contributed by atoms with Crippen LogP contribution in [0.2, 0.25) is 0 Å². The van der Waals surface area contributed by atoms with E-state index in [0.29, 0.717) is 61.1 Å². The molecule has 6 heterocycles. The molecule has 0 saturated carbocycles. The normalized spacial score (nSPS) is 13.8. The third-order valence-electron chi connectivity index (χ3n) is 18.4. The fourth-order valence-electron chi connectivity index (χ4n) is 12.3. The molecule has 0 saturated heterocycles. The average molecular weight is 1310 g/mol. The molecule has 7 nitrogen and oxygen atoms in total. The molecule has 9 aromatic rings. The predicted octanol–water partition coefficient (Wildman–Crippen LogP) is 26.0. The van der Waals surface area contributed by atoms with Crippen molar-refractivity contribution in [3.63, 3.8) is 0 Å². The van der Waals surface area contributed by atoms with Gasteiger partial charge in [0.1, 0.15) is 28.5 Å². The summed E-state index contributed by atoms with van der Waals surface area (Å²) in [6, 6.07) is 18.3. The largest absolute Gasteiger partial charge is 0.491 e. The van der Waals surface area contributed by atoms with Crippen LogP contribution in [0.1, 0.15) is 222 Å². The van der Waals surface area contributed by atoms with Gasteiger partial charge in [-0.15, -0.1) is 56.7 Å². The van der Waals surface area contributed by atoms with Gasteiger partial charge in [-0.25, -0.2) is 4.98 Å². The van der Waals surface area contributed by atoms with Crippen LogP contribution in [0, 0.1) is 36.5 Å². The summed E-state index contributed by atoms with van der Waals surface area (Å²) >= 11 is 10.8. The Morgan fingerprint density at radius 2 is 0.818 bits per heavy atom. The van der Waals surface area contributed by atoms with E-state index < -0.39 is 0 Å². The Morgan fingerprint density at radius 3 is 1.24 bits per heavy atom. The lowest BCUT2D eigenvalue weighted by molar-refractivity contribution is -0.131. The van der Waals surface area contributed by atoms with Crippen molar-refractivity contribution in [2.45, 2.75) is 224 Å². The number of hydrogen-bond acceptors (Lipinski definition) is 13. The van der Waals surface area contributed by atoms with Crippen molar-refractivity contribution in [1.29, 1.82) is 0 Å². The summed E-state index contributed by atoms with van der Waals surface area (Å²) in [6.45, 7) is 29.3. The van der Waals surface area contributed by atoms with Gasteiger partial charge in [-0.2, -0.15) is 0 Å². The number of esters is 1. The number of ether oxygens (including phenoxy) is 5. The number of carbonyl (C=O) groups excluding carboxylic acids is 1. The van der Waals surface area contributed by atoms with E-state index in [1.54, 1.807) is 11.3 Å². The molecule has 9 rings (SSSR count). The Labute approximate surface area is 551 Å². The second kappa shape index (κ2) is 33.4. The smallest absolute Gasteiger partial charge is 0.308 e. The van der Waals surface area contributed by atoms with E-state index in [2.05, 4.69) is 119 Å². The zero-order valence-corrected chi connectivity index (χ0v) is 60.1. The van der Waals surface area contributed by atoms with Crippen molar-refractivity contribution in [3.8, 4) is 58.0 Å². The van der Waals surface area contributed by atoms with Crippen LogP contribution in [0.15, 0.2) is 48.5 Å². The topological polar surface area (TPSA) is 76.1 Å². The standard InChI is InChI=1S/C75H101NO6S6/c1-13-23-28-49(18-6)35-38-62-76-64-73(60-40-56-67(80-45-52(21-9)31-26-16-4)72-58(42-63(87-72)82-48(12)77)68(71(56)84-60)81-46-53(22-10)32-27-17-5)88-74(75(64)86-62)61-41-57-66(79-44-51(20-8)30-25-15-3)69-55(39-59(83-69)54-36-33-47(11)34-37-54)65(70(57)85-61)78-43-50(19-7)29-24-14-2/h33-34,36-37,39-42,49-53H,13-32,35,38,43-46H2,1-12H3. The molecule has 88 heavy (non-hydrogen) atoms. The minimum absolute atomic E-state index is 0.332. The number of carbonyl (C=O) groups is 1. The molecule has 5 unspecified atom stereocenters. The molecule has 0 N–H and O–H groups in total. The van der Waals surface area contributed by atoms with Crippen molar-refractivity contribution in [2.24, 2.45) is 29.6 Å². The molecule has 0 radical (unpaired) electrons. The van der Waals surface area contributed by atoms with E-state index >= 15 is 0 Å². The fourth-order valence-corrected chi connectivity index (χ4v) is 19.6. The summed E-state index contributed by atoms with van der Waals surface area (Å²) in [5.74, 6) is 5.83. The lowest BCUT2D eigenvalue weighted by Crippen LogP contribution is -2.12. The number of aromatic nitrogens is 1. The summed E-state index contributed by atoms with van der Waals surface area (Å²) in [7, 11) is 0. The SMILES string of the molecule is CCCCC(CC)CCc1nc2c(-c3cc4c(OCC(CC)CCCC)c5sc(OC(C)=O)cc5c(OCC(CC)CCCC)c4s3)sc(-c3cc4c(OCC(CC)CCCC)c5sc(-c6ccc(C)cc6)cc5c(OCC(CC)CCCC)c4s3)c2s1. The monoisotopic (exact) mass is 1300 g/mol. The Morgan fingerprint density at radius 1 is 0.432 bits per heavy atom. The van der Waals surface area contributed by atoms with Crippen LogP contribution in [-0.4, -0.2) is 37.4 Å². The molecule has 5 atom stereocenters. The van der Waals surface area contributed by atoms with Crippen molar-refractivity contribution < 1.29 is 28.5 Å². The average Bonchev–Trinajstić information content (AvgIpc) is 1.60. The van der Waals surface area contributed by atoms with Gasteiger partial charge in [-0.05, 0) is 98.8 Å². The molecule has 3 aromatic carbocycles. The Bertz CT molecular complexity index is 3500. The van der Waals surface area contributed by atoms with Crippen molar-refractivity contribution in [3.05, 3.63) is 59.1 Å². The number of nitrogens with zero attached hydrogens (tertiary/aromatic N) is 1. The second-order valence-electron chi connectivity index (χ2n) is 25.1. The first-order valence-corrected chi connectivity index (χ1v) is 39.1. The Kier molecular flexibility index (Phi) is 25.8. The molecule has 478 valence electrons. The Hall–Kier alpha value is -4.24. The molecule has 0 aliphatic rings. The van der Waals surface area contributed by atoms with E-state index in [0.717, 1.165) is 137 Å². The molecule has 0 aliphatic carbocycles. The summed E-state index contributed by atoms with van der Waals surface area (Å²) in [6.07, 6.45) is 25.3. The molecule has 6 aromatic heterocycles.